The molecule has 0 rings (SSSR count). The van der Waals surface area contributed by atoms with E-state index < -0.39 is 0 Å². The average molecular weight is 188 g/mol. The van der Waals surface area contributed by atoms with E-state index in [1.807, 2.05) is 38.2 Å². The van der Waals surface area contributed by atoms with Crippen LogP contribution < -0.4 is 0 Å². The maximum atomic E-state index is 3.80. The van der Waals surface area contributed by atoms with Crippen molar-refractivity contribution in [3.8, 4) is 0 Å². The van der Waals surface area contributed by atoms with Gasteiger partial charge in [-0.05, 0) is 27.2 Å². The van der Waals surface area contributed by atoms with Gasteiger partial charge in [-0.2, -0.15) is 0 Å². The summed E-state index contributed by atoms with van der Waals surface area (Å²) in [5.74, 6) is 0. The van der Waals surface area contributed by atoms with Gasteiger partial charge in [0, 0.05) is 0 Å². The second-order valence-electron chi connectivity index (χ2n) is 3.38. The molecule has 0 aliphatic rings. The molecule has 14 heavy (non-hydrogen) atoms. The second kappa shape index (κ2) is 8.31. The van der Waals surface area contributed by atoms with E-state index in [-0.39, 0.29) is 0 Å². The van der Waals surface area contributed by atoms with Gasteiger partial charge in [-0.3, -0.25) is 0 Å². The zero-order chi connectivity index (χ0) is 10.8. The van der Waals surface area contributed by atoms with Crippen LogP contribution in [0.3, 0.4) is 0 Å². The fourth-order valence-corrected chi connectivity index (χ4v) is 0.888. The number of hydrogen-bond acceptors (Lipinski definition) is 0. The third kappa shape index (κ3) is 8.79. The summed E-state index contributed by atoms with van der Waals surface area (Å²) in [5, 5.41) is 0. The molecule has 0 aliphatic heterocycles. The standard InChI is InChI=1S/C14H20/c1-5-6-7-8-11-14(4)12-9-10-13(2)3/h5-10,12H,2,11H2,1,3-4H3/b6-5-,8-7-,10-9-,14-12-. The molecule has 76 valence electrons. The highest BCUT2D eigenvalue weighted by molar-refractivity contribution is 5.20. The van der Waals surface area contributed by atoms with E-state index >= 15 is 0 Å². The molecule has 0 radical (unpaired) electrons. The molecule has 0 spiro atoms. The summed E-state index contributed by atoms with van der Waals surface area (Å²) >= 11 is 0. The van der Waals surface area contributed by atoms with Crippen LogP contribution in [0.4, 0.5) is 0 Å². The Morgan fingerprint density at radius 3 is 2.43 bits per heavy atom. The molecule has 0 aliphatic carbocycles. The summed E-state index contributed by atoms with van der Waals surface area (Å²) in [4.78, 5) is 0. The third-order valence-electron chi connectivity index (χ3n) is 1.64. The van der Waals surface area contributed by atoms with Crippen LogP contribution in [0.5, 0.6) is 0 Å². The normalized spacial score (nSPS) is 13.5. The Bertz CT molecular complexity index is 272. The van der Waals surface area contributed by atoms with Gasteiger partial charge >= 0.3 is 0 Å². The van der Waals surface area contributed by atoms with E-state index in [1.54, 1.807) is 0 Å². The molecular formula is C14H20. The SMILES string of the molecule is C=C(C)/C=C\C=C(\C)C/C=C\C=C/C. The Labute approximate surface area is 88.0 Å². The van der Waals surface area contributed by atoms with Crippen LogP contribution in [0.25, 0.3) is 0 Å². The predicted octanol–water partition coefficient (Wildman–Crippen LogP) is 4.59. The van der Waals surface area contributed by atoms with Crippen molar-refractivity contribution in [2.45, 2.75) is 27.2 Å². The summed E-state index contributed by atoms with van der Waals surface area (Å²) in [6.07, 6.45) is 15.5. The Balaban J connectivity index is 3.95. The highest BCUT2D eigenvalue weighted by Crippen LogP contribution is 2.02. The lowest BCUT2D eigenvalue weighted by Gasteiger charge is -1.91. The first kappa shape index (κ1) is 12.7. The van der Waals surface area contributed by atoms with E-state index in [4.69, 9.17) is 0 Å². The molecule has 0 fully saturated rings. The van der Waals surface area contributed by atoms with Gasteiger partial charge in [0.15, 0.2) is 0 Å². The lowest BCUT2D eigenvalue weighted by atomic mass is 10.2. The Morgan fingerprint density at radius 1 is 1.14 bits per heavy atom. The molecule has 0 aromatic heterocycles. The third-order valence-corrected chi connectivity index (χ3v) is 1.64. The fraction of sp³-hybridized carbons (Fsp3) is 0.286. The first-order valence-corrected chi connectivity index (χ1v) is 4.94. The Hall–Kier alpha value is -1.30. The van der Waals surface area contributed by atoms with E-state index in [1.165, 1.54) is 5.57 Å². The van der Waals surface area contributed by atoms with Gasteiger partial charge in [-0.15, -0.1) is 0 Å². The zero-order valence-electron chi connectivity index (χ0n) is 9.46. The molecule has 0 unspecified atom stereocenters. The first-order valence-electron chi connectivity index (χ1n) is 4.94. The van der Waals surface area contributed by atoms with Gasteiger partial charge in [0.2, 0.25) is 0 Å². The van der Waals surface area contributed by atoms with Gasteiger partial charge in [0.05, 0.1) is 0 Å². The zero-order valence-corrected chi connectivity index (χ0v) is 9.46. The topological polar surface area (TPSA) is 0 Å². The minimum Gasteiger partial charge on any atom is -0.0961 e. The maximum absolute atomic E-state index is 3.80. The number of hydrogen-bond donors (Lipinski definition) is 0. The Morgan fingerprint density at radius 2 is 1.86 bits per heavy atom. The molecular weight excluding hydrogens is 168 g/mol. The first-order chi connectivity index (χ1) is 6.66. The lowest BCUT2D eigenvalue weighted by molar-refractivity contribution is 1.21. The molecule has 0 nitrogen and oxygen atoms in total. The number of rotatable bonds is 5. The van der Waals surface area contributed by atoms with Crippen molar-refractivity contribution in [1.29, 1.82) is 0 Å². The largest absolute Gasteiger partial charge is 0.0961 e. The molecule has 0 aromatic rings. The van der Waals surface area contributed by atoms with Gasteiger partial charge in [0.25, 0.3) is 0 Å². The lowest BCUT2D eigenvalue weighted by Crippen LogP contribution is -1.70. The summed E-state index contributed by atoms with van der Waals surface area (Å²) < 4.78 is 0. The van der Waals surface area contributed by atoms with E-state index in [0.29, 0.717) is 0 Å². The van der Waals surface area contributed by atoms with Crippen molar-refractivity contribution in [3.63, 3.8) is 0 Å². The average Bonchev–Trinajstić information content (AvgIpc) is 2.12. The quantitative estimate of drug-likeness (QED) is 0.554. The molecule has 0 bridgehead atoms. The van der Waals surface area contributed by atoms with Crippen molar-refractivity contribution in [2.75, 3.05) is 0 Å². The summed E-state index contributed by atoms with van der Waals surface area (Å²) in [7, 11) is 0. The summed E-state index contributed by atoms with van der Waals surface area (Å²) in [6.45, 7) is 9.94. The van der Waals surface area contributed by atoms with Gasteiger partial charge in [-0.1, -0.05) is 60.3 Å². The molecule has 0 amide bonds. The van der Waals surface area contributed by atoms with Crippen LogP contribution in [0.2, 0.25) is 0 Å². The van der Waals surface area contributed by atoms with Crippen LogP contribution >= 0.6 is 0 Å². The van der Waals surface area contributed by atoms with E-state index in [9.17, 15) is 0 Å². The van der Waals surface area contributed by atoms with Crippen LogP contribution in [-0.4, -0.2) is 0 Å². The minimum absolute atomic E-state index is 1.00. The monoisotopic (exact) mass is 188 g/mol. The molecule has 0 N–H and O–H groups in total. The van der Waals surface area contributed by atoms with Crippen molar-refractivity contribution < 1.29 is 0 Å². The Kier molecular flexibility index (Phi) is 7.53. The molecule has 0 heterocycles. The maximum Gasteiger partial charge on any atom is -0.0135 e. The van der Waals surface area contributed by atoms with E-state index in [0.717, 1.165) is 12.0 Å². The summed E-state index contributed by atoms with van der Waals surface area (Å²) in [5.41, 5.74) is 2.43. The van der Waals surface area contributed by atoms with E-state index in [2.05, 4.69) is 31.7 Å². The van der Waals surface area contributed by atoms with Crippen LogP contribution in [0.1, 0.15) is 27.2 Å². The van der Waals surface area contributed by atoms with Crippen LogP contribution in [-0.2, 0) is 0 Å². The minimum atomic E-state index is 1.00. The molecule has 0 aromatic carbocycles. The summed E-state index contributed by atoms with van der Waals surface area (Å²) in [6, 6.07) is 0. The predicted molar refractivity (Wildman–Crippen MR) is 66.3 cm³/mol. The van der Waals surface area contributed by atoms with Crippen molar-refractivity contribution in [2.24, 2.45) is 0 Å². The molecule has 0 saturated heterocycles. The van der Waals surface area contributed by atoms with Crippen LogP contribution in [0, 0.1) is 0 Å². The second-order valence-corrected chi connectivity index (χ2v) is 3.38. The highest BCUT2D eigenvalue weighted by Gasteiger charge is 1.81. The van der Waals surface area contributed by atoms with Gasteiger partial charge in [0.1, 0.15) is 0 Å². The van der Waals surface area contributed by atoms with Crippen molar-refractivity contribution in [3.05, 3.63) is 60.3 Å². The van der Waals surface area contributed by atoms with Gasteiger partial charge < -0.3 is 0 Å². The smallest absolute Gasteiger partial charge is 0.0135 e. The molecule has 0 heteroatoms. The fourth-order valence-electron chi connectivity index (χ4n) is 0.888. The molecule has 0 saturated carbocycles. The van der Waals surface area contributed by atoms with Crippen molar-refractivity contribution >= 4 is 0 Å². The van der Waals surface area contributed by atoms with Crippen molar-refractivity contribution in [1.82, 2.24) is 0 Å². The van der Waals surface area contributed by atoms with Gasteiger partial charge in [-0.25, -0.2) is 0 Å². The number of allylic oxidation sites excluding steroid dienone is 9. The van der Waals surface area contributed by atoms with Crippen LogP contribution in [0.15, 0.2) is 60.3 Å². The highest BCUT2D eigenvalue weighted by atomic mass is 13.9. The molecule has 0 atom stereocenters.